The van der Waals surface area contributed by atoms with Gasteiger partial charge in [0.1, 0.15) is 11.3 Å². The molecule has 4 nitrogen and oxygen atoms in total. The average molecular weight is 307 g/mol. The number of pyridine rings is 1. The minimum absolute atomic E-state index is 0.0202. The van der Waals surface area contributed by atoms with Crippen molar-refractivity contribution in [1.82, 2.24) is 14.8 Å². The standard InChI is InChI=1S/C19H21N3O/c1-13-7-9-14(10-8-13)19(11-12-19)17-15-5-4-6-16(18(2,3)23)22(15)21-20-17/h4-10,23H,11-12H2,1-3H3. The van der Waals surface area contributed by atoms with Crippen LogP contribution < -0.4 is 0 Å². The summed E-state index contributed by atoms with van der Waals surface area (Å²) in [7, 11) is 0. The van der Waals surface area contributed by atoms with E-state index in [0.29, 0.717) is 0 Å². The predicted molar refractivity (Wildman–Crippen MR) is 89.4 cm³/mol. The molecule has 118 valence electrons. The Morgan fingerprint density at radius 2 is 1.78 bits per heavy atom. The summed E-state index contributed by atoms with van der Waals surface area (Å²) >= 11 is 0. The monoisotopic (exact) mass is 307 g/mol. The predicted octanol–water partition coefficient (Wildman–Crippen LogP) is 3.35. The molecule has 0 amide bonds. The summed E-state index contributed by atoms with van der Waals surface area (Å²) in [5.74, 6) is 0. The van der Waals surface area contributed by atoms with Gasteiger partial charge in [-0.05, 0) is 51.3 Å². The fourth-order valence-corrected chi connectivity index (χ4v) is 3.38. The number of rotatable bonds is 3. The topological polar surface area (TPSA) is 50.4 Å². The molecule has 4 heteroatoms. The smallest absolute Gasteiger partial charge is 0.101 e. The largest absolute Gasteiger partial charge is 0.384 e. The molecule has 1 N–H and O–H groups in total. The van der Waals surface area contributed by atoms with E-state index in [1.165, 1.54) is 11.1 Å². The lowest BCUT2D eigenvalue weighted by atomic mass is 9.91. The van der Waals surface area contributed by atoms with Gasteiger partial charge in [0.05, 0.1) is 11.2 Å². The van der Waals surface area contributed by atoms with Crippen LogP contribution in [0.15, 0.2) is 42.5 Å². The van der Waals surface area contributed by atoms with Gasteiger partial charge < -0.3 is 5.11 Å². The Bertz CT molecular complexity index is 868. The number of benzene rings is 1. The Kier molecular flexibility index (Phi) is 2.91. The minimum atomic E-state index is -0.953. The lowest BCUT2D eigenvalue weighted by Gasteiger charge is -2.19. The summed E-state index contributed by atoms with van der Waals surface area (Å²) in [6.45, 7) is 5.65. The van der Waals surface area contributed by atoms with Crippen LogP contribution in [0.5, 0.6) is 0 Å². The van der Waals surface area contributed by atoms with Crippen LogP contribution in [0.3, 0.4) is 0 Å². The highest BCUT2D eigenvalue weighted by atomic mass is 16.3. The number of hydrogen-bond acceptors (Lipinski definition) is 3. The van der Waals surface area contributed by atoms with Crippen molar-refractivity contribution in [2.24, 2.45) is 0 Å². The summed E-state index contributed by atoms with van der Waals surface area (Å²) in [6, 6.07) is 14.6. The normalized spacial score (nSPS) is 16.7. The average Bonchev–Trinajstić information content (AvgIpc) is 3.19. The van der Waals surface area contributed by atoms with Crippen molar-refractivity contribution in [3.63, 3.8) is 0 Å². The van der Waals surface area contributed by atoms with Gasteiger partial charge in [0, 0.05) is 5.41 Å². The van der Waals surface area contributed by atoms with E-state index < -0.39 is 5.60 Å². The SMILES string of the molecule is Cc1ccc(C2(c3nnn4c(C(C)(C)O)cccc34)CC2)cc1. The van der Waals surface area contributed by atoms with Crippen LogP contribution in [0.2, 0.25) is 0 Å². The number of aryl methyl sites for hydroxylation is 1. The Hall–Kier alpha value is -2.20. The van der Waals surface area contributed by atoms with Crippen LogP contribution in [0, 0.1) is 6.92 Å². The van der Waals surface area contributed by atoms with Crippen LogP contribution >= 0.6 is 0 Å². The van der Waals surface area contributed by atoms with Crippen molar-refractivity contribution in [2.45, 2.75) is 44.6 Å². The van der Waals surface area contributed by atoms with Crippen molar-refractivity contribution in [2.75, 3.05) is 0 Å². The van der Waals surface area contributed by atoms with Crippen molar-refractivity contribution in [3.8, 4) is 0 Å². The molecule has 1 saturated carbocycles. The molecule has 1 fully saturated rings. The van der Waals surface area contributed by atoms with Crippen LogP contribution in [0.25, 0.3) is 5.52 Å². The maximum Gasteiger partial charge on any atom is 0.101 e. The van der Waals surface area contributed by atoms with Crippen LogP contribution in [0.1, 0.15) is 49.2 Å². The van der Waals surface area contributed by atoms with Gasteiger partial charge in [0.25, 0.3) is 0 Å². The lowest BCUT2D eigenvalue weighted by Crippen LogP contribution is -2.20. The molecule has 0 radical (unpaired) electrons. The van der Waals surface area contributed by atoms with Gasteiger partial charge in [-0.15, -0.1) is 5.10 Å². The van der Waals surface area contributed by atoms with E-state index in [-0.39, 0.29) is 5.41 Å². The molecule has 3 aromatic rings. The van der Waals surface area contributed by atoms with Gasteiger partial charge in [-0.1, -0.05) is 41.1 Å². The van der Waals surface area contributed by atoms with Gasteiger partial charge in [-0.3, -0.25) is 0 Å². The molecule has 1 aliphatic rings. The number of nitrogens with zero attached hydrogens (tertiary/aromatic N) is 3. The van der Waals surface area contributed by atoms with E-state index in [4.69, 9.17) is 0 Å². The number of hydrogen-bond donors (Lipinski definition) is 1. The number of aliphatic hydroxyl groups is 1. The molecule has 2 aromatic heterocycles. The highest BCUT2D eigenvalue weighted by Gasteiger charge is 2.49. The van der Waals surface area contributed by atoms with Gasteiger partial charge >= 0.3 is 0 Å². The molecule has 0 saturated heterocycles. The van der Waals surface area contributed by atoms with E-state index in [2.05, 4.69) is 41.5 Å². The zero-order chi connectivity index (χ0) is 16.2. The lowest BCUT2D eigenvalue weighted by molar-refractivity contribution is 0.0713. The molecular formula is C19H21N3O. The third-order valence-corrected chi connectivity index (χ3v) is 4.88. The van der Waals surface area contributed by atoms with Gasteiger partial charge in [-0.25, -0.2) is 4.52 Å². The molecule has 0 spiro atoms. The van der Waals surface area contributed by atoms with Crippen LogP contribution in [0.4, 0.5) is 0 Å². The van der Waals surface area contributed by atoms with E-state index in [1.807, 2.05) is 18.2 Å². The third kappa shape index (κ3) is 2.17. The fraction of sp³-hybridized carbons (Fsp3) is 0.368. The summed E-state index contributed by atoms with van der Waals surface area (Å²) in [6.07, 6.45) is 2.19. The first-order chi connectivity index (χ1) is 10.9. The van der Waals surface area contributed by atoms with Gasteiger partial charge in [0.2, 0.25) is 0 Å². The van der Waals surface area contributed by atoms with Crippen LogP contribution in [-0.4, -0.2) is 19.9 Å². The first kappa shape index (κ1) is 14.4. The molecular weight excluding hydrogens is 286 g/mol. The third-order valence-electron chi connectivity index (χ3n) is 4.88. The molecule has 0 bridgehead atoms. The summed E-state index contributed by atoms with van der Waals surface area (Å²) in [5.41, 5.74) is 4.36. The second kappa shape index (κ2) is 4.65. The minimum Gasteiger partial charge on any atom is -0.384 e. The molecule has 0 unspecified atom stereocenters. The van der Waals surface area contributed by atoms with Crippen molar-refractivity contribution in [3.05, 3.63) is 65.0 Å². The Balaban J connectivity index is 1.89. The molecule has 23 heavy (non-hydrogen) atoms. The highest BCUT2D eigenvalue weighted by Crippen LogP contribution is 2.53. The molecule has 4 rings (SSSR count). The quantitative estimate of drug-likeness (QED) is 0.807. The van der Waals surface area contributed by atoms with Crippen molar-refractivity contribution >= 4 is 5.52 Å². The maximum atomic E-state index is 10.4. The summed E-state index contributed by atoms with van der Waals surface area (Å²) in [4.78, 5) is 0. The number of fused-ring (bicyclic) bond motifs is 1. The van der Waals surface area contributed by atoms with Crippen molar-refractivity contribution in [1.29, 1.82) is 0 Å². The molecule has 1 aromatic carbocycles. The molecule has 2 heterocycles. The Labute approximate surface area is 135 Å². The van der Waals surface area contributed by atoms with E-state index in [0.717, 1.165) is 29.7 Å². The maximum absolute atomic E-state index is 10.4. The number of aromatic nitrogens is 3. The molecule has 1 aliphatic carbocycles. The Morgan fingerprint density at radius 1 is 1.09 bits per heavy atom. The van der Waals surface area contributed by atoms with Gasteiger partial charge in [0.15, 0.2) is 0 Å². The molecule has 0 aliphatic heterocycles. The second-order valence-electron chi connectivity index (χ2n) is 7.15. The van der Waals surface area contributed by atoms with Crippen molar-refractivity contribution < 1.29 is 5.11 Å². The molecule has 0 atom stereocenters. The second-order valence-corrected chi connectivity index (χ2v) is 7.15. The summed E-state index contributed by atoms with van der Waals surface area (Å²) in [5, 5.41) is 19.2. The van der Waals surface area contributed by atoms with E-state index in [9.17, 15) is 5.11 Å². The van der Waals surface area contributed by atoms with Gasteiger partial charge in [-0.2, -0.15) is 0 Å². The van der Waals surface area contributed by atoms with Crippen LogP contribution in [-0.2, 0) is 11.0 Å². The summed E-state index contributed by atoms with van der Waals surface area (Å²) < 4.78 is 1.78. The zero-order valence-corrected chi connectivity index (χ0v) is 13.7. The highest BCUT2D eigenvalue weighted by molar-refractivity contribution is 5.60. The fourth-order valence-electron chi connectivity index (χ4n) is 3.38. The zero-order valence-electron chi connectivity index (χ0n) is 13.7. The Morgan fingerprint density at radius 3 is 2.39 bits per heavy atom. The van der Waals surface area contributed by atoms with E-state index in [1.54, 1.807) is 18.4 Å². The first-order valence-electron chi connectivity index (χ1n) is 8.07. The first-order valence-corrected chi connectivity index (χ1v) is 8.07. The van der Waals surface area contributed by atoms with E-state index >= 15 is 0 Å².